The maximum absolute atomic E-state index is 12.5. The highest BCUT2D eigenvalue weighted by Crippen LogP contribution is 2.18. The Hall–Kier alpha value is -2.28. The van der Waals surface area contributed by atoms with Crippen LogP contribution in [0.15, 0.2) is 24.3 Å². The zero-order chi connectivity index (χ0) is 17.5. The van der Waals surface area contributed by atoms with Gasteiger partial charge in [0.05, 0.1) is 0 Å². The number of ether oxygens (including phenoxy) is 2. The summed E-state index contributed by atoms with van der Waals surface area (Å²) >= 11 is 0. The van der Waals surface area contributed by atoms with E-state index in [1.807, 2.05) is 0 Å². The summed E-state index contributed by atoms with van der Waals surface area (Å²) in [7, 11) is 1.49. The van der Waals surface area contributed by atoms with Crippen LogP contribution >= 0.6 is 0 Å². The fourth-order valence-electron chi connectivity index (χ4n) is 2.64. The van der Waals surface area contributed by atoms with E-state index in [1.54, 1.807) is 28.9 Å². The summed E-state index contributed by atoms with van der Waals surface area (Å²) in [6.07, 6.45) is 0.100. The van der Waals surface area contributed by atoms with Crippen molar-refractivity contribution in [1.82, 2.24) is 9.80 Å². The van der Waals surface area contributed by atoms with E-state index in [0.717, 1.165) is 6.42 Å². The van der Waals surface area contributed by atoms with Crippen molar-refractivity contribution in [2.75, 3.05) is 39.9 Å². The Bertz CT molecular complexity index is 561. The van der Waals surface area contributed by atoms with E-state index in [4.69, 9.17) is 9.47 Å². The number of carbonyl (C=O) groups is 2. The number of amides is 2. The topological polar surface area (TPSA) is 79.3 Å². The predicted molar refractivity (Wildman–Crippen MR) is 87.8 cm³/mol. The lowest BCUT2D eigenvalue weighted by atomic mass is 10.3. The number of carbonyl (C=O) groups excluding carboxylic acids is 2. The van der Waals surface area contributed by atoms with Crippen LogP contribution in [-0.4, -0.2) is 72.7 Å². The lowest BCUT2D eigenvalue weighted by Crippen LogP contribution is -2.43. The second kappa shape index (κ2) is 8.54. The third kappa shape index (κ3) is 4.86. The average molecular weight is 336 g/mol. The monoisotopic (exact) mass is 336 g/mol. The van der Waals surface area contributed by atoms with Crippen LogP contribution in [0.25, 0.3) is 0 Å². The predicted octanol–water partition coefficient (Wildman–Crippen LogP) is 0.867. The quantitative estimate of drug-likeness (QED) is 0.863. The van der Waals surface area contributed by atoms with Crippen molar-refractivity contribution < 1.29 is 24.2 Å². The van der Waals surface area contributed by atoms with E-state index >= 15 is 0 Å². The highest BCUT2D eigenvalue weighted by Gasteiger charge is 2.26. The summed E-state index contributed by atoms with van der Waals surface area (Å²) in [6, 6.07) is 6.26. The van der Waals surface area contributed by atoms with Gasteiger partial charge in [-0.25, -0.2) is 0 Å². The number of nitrogens with zero attached hydrogens (tertiary/aromatic N) is 2. The Kier molecular flexibility index (Phi) is 6.43. The van der Waals surface area contributed by atoms with Crippen LogP contribution in [0.4, 0.5) is 0 Å². The van der Waals surface area contributed by atoms with Crippen molar-refractivity contribution in [3.8, 4) is 11.5 Å². The Morgan fingerprint density at radius 2 is 1.75 bits per heavy atom. The molecule has 0 radical (unpaired) electrons. The average Bonchev–Trinajstić information content (AvgIpc) is 2.82. The molecule has 1 fully saturated rings. The fraction of sp³-hybridized carbons (Fsp3) is 0.529. The molecule has 1 heterocycles. The Morgan fingerprint density at radius 1 is 1.12 bits per heavy atom. The minimum atomic E-state index is -0.629. The molecule has 7 heteroatoms. The minimum Gasteiger partial charge on any atom is -0.508 e. The molecule has 7 nitrogen and oxygen atoms in total. The first-order chi connectivity index (χ1) is 11.5. The maximum Gasteiger partial charge on any atom is 0.263 e. The number of hydrogen-bond donors (Lipinski definition) is 1. The third-order valence-corrected chi connectivity index (χ3v) is 3.93. The Morgan fingerprint density at radius 3 is 2.42 bits per heavy atom. The zero-order valence-electron chi connectivity index (χ0n) is 14.1. The summed E-state index contributed by atoms with van der Waals surface area (Å²) in [5, 5.41) is 9.27. The van der Waals surface area contributed by atoms with Crippen LogP contribution in [0, 0.1) is 0 Å². The molecule has 24 heavy (non-hydrogen) atoms. The number of benzene rings is 1. The van der Waals surface area contributed by atoms with Gasteiger partial charge < -0.3 is 24.4 Å². The van der Waals surface area contributed by atoms with Crippen LogP contribution in [-0.2, 0) is 14.3 Å². The van der Waals surface area contributed by atoms with E-state index in [-0.39, 0.29) is 24.2 Å². The number of aromatic hydroxyl groups is 1. The molecule has 0 saturated carbocycles. The van der Waals surface area contributed by atoms with E-state index in [2.05, 4.69) is 0 Å². The Balaban J connectivity index is 1.89. The third-order valence-electron chi connectivity index (χ3n) is 3.93. The van der Waals surface area contributed by atoms with Crippen molar-refractivity contribution >= 4 is 11.8 Å². The largest absolute Gasteiger partial charge is 0.508 e. The molecule has 1 N–H and O–H groups in total. The molecule has 2 amide bonds. The summed E-state index contributed by atoms with van der Waals surface area (Å²) in [4.78, 5) is 27.9. The summed E-state index contributed by atoms with van der Waals surface area (Å²) in [5.74, 6) is 0.513. The van der Waals surface area contributed by atoms with Crippen LogP contribution in [0.3, 0.4) is 0 Å². The second-order valence-corrected chi connectivity index (χ2v) is 5.75. The first kappa shape index (κ1) is 18.1. The smallest absolute Gasteiger partial charge is 0.263 e. The molecule has 1 unspecified atom stereocenters. The van der Waals surface area contributed by atoms with Gasteiger partial charge in [-0.05, 0) is 37.6 Å². The molecule has 1 aromatic rings. The van der Waals surface area contributed by atoms with E-state index in [0.29, 0.717) is 31.9 Å². The number of hydrogen-bond acceptors (Lipinski definition) is 5. The molecule has 132 valence electrons. The van der Waals surface area contributed by atoms with Gasteiger partial charge in [0.1, 0.15) is 18.1 Å². The minimum absolute atomic E-state index is 0.0554. The van der Waals surface area contributed by atoms with Gasteiger partial charge in [0, 0.05) is 33.3 Å². The van der Waals surface area contributed by atoms with E-state index in [1.165, 1.54) is 19.2 Å². The summed E-state index contributed by atoms with van der Waals surface area (Å²) in [6.45, 7) is 3.97. The lowest BCUT2D eigenvalue weighted by molar-refractivity contribution is -0.139. The molecule has 1 saturated heterocycles. The highest BCUT2D eigenvalue weighted by atomic mass is 16.5. The van der Waals surface area contributed by atoms with Gasteiger partial charge in [-0.3, -0.25) is 9.59 Å². The molecule has 0 aliphatic carbocycles. The molecular weight excluding hydrogens is 312 g/mol. The molecule has 1 aliphatic rings. The van der Waals surface area contributed by atoms with Crippen molar-refractivity contribution in [2.24, 2.45) is 0 Å². The maximum atomic E-state index is 12.5. The first-order valence-electron chi connectivity index (χ1n) is 8.02. The van der Waals surface area contributed by atoms with Gasteiger partial charge in [0.15, 0.2) is 6.10 Å². The normalized spacial score (nSPS) is 16.4. The molecule has 2 rings (SSSR count). The van der Waals surface area contributed by atoms with Gasteiger partial charge in [-0.2, -0.15) is 0 Å². The number of phenolic OH excluding ortho intramolecular Hbond substituents is 1. The Labute approximate surface area is 141 Å². The summed E-state index contributed by atoms with van der Waals surface area (Å²) in [5.41, 5.74) is 0. The molecule has 0 spiro atoms. The number of phenols is 1. The lowest BCUT2D eigenvalue weighted by Gasteiger charge is -2.25. The molecule has 1 aromatic carbocycles. The van der Waals surface area contributed by atoms with Crippen LogP contribution in [0.1, 0.15) is 13.3 Å². The van der Waals surface area contributed by atoms with Crippen molar-refractivity contribution in [2.45, 2.75) is 19.4 Å². The van der Waals surface area contributed by atoms with Crippen LogP contribution in [0.2, 0.25) is 0 Å². The SMILES string of the molecule is COCC(=O)N1CCCN(C(=O)C(C)Oc2ccc(O)cc2)CC1. The van der Waals surface area contributed by atoms with Gasteiger partial charge in [0.25, 0.3) is 5.91 Å². The molecule has 0 aromatic heterocycles. The number of methoxy groups -OCH3 is 1. The van der Waals surface area contributed by atoms with Gasteiger partial charge in [-0.15, -0.1) is 0 Å². The van der Waals surface area contributed by atoms with Crippen molar-refractivity contribution in [3.63, 3.8) is 0 Å². The number of rotatable bonds is 5. The summed E-state index contributed by atoms with van der Waals surface area (Å²) < 4.78 is 10.5. The molecular formula is C17H24N2O5. The van der Waals surface area contributed by atoms with Crippen molar-refractivity contribution in [1.29, 1.82) is 0 Å². The molecule has 0 bridgehead atoms. The van der Waals surface area contributed by atoms with E-state index in [9.17, 15) is 14.7 Å². The van der Waals surface area contributed by atoms with Gasteiger partial charge in [-0.1, -0.05) is 0 Å². The molecule has 1 aliphatic heterocycles. The highest BCUT2D eigenvalue weighted by molar-refractivity contribution is 5.81. The second-order valence-electron chi connectivity index (χ2n) is 5.75. The molecule has 1 atom stereocenters. The van der Waals surface area contributed by atoms with Crippen LogP contribution in [0.5, 0.6) is 11.5 Å². The van der Waals surface area contributed by atoms with Gasteiger partial charge >= 0.3 is 0 Å². The van der Waals surface area contributed by atoms with Crippen molar-refractivity contribution in [3.05, 3.63) is 24.3 Å². The van der Waals surface area contributed by atoms with Gasteiger partial charge in [0.2, 0.25) is 5.91 Å². The van der Waals surface area contributed by atoms with E-state index < -0.39 is 6.10 Å². The fourth-order valence-corrected chi connectivity index (χ4v) is 2.64. The van der Waals surface area contributed by atoms with Crippen LogP contribution < -0.4 is 4.74 Å². The zero-order valence-corrected chi connectivity index (χ0v) is 14.1. The first-order valence-corrected chi connectivity index (χ1v) is 8.02. The standard InChI is InChI=1S/C17H24N2O5/c1-13(24-15-6-4-14(20)5-7-15)17(22)19-9-3-8-18(10-11-19)16(21)12-23-2/h4-7,13,20H,3,8-12H2,1-2H3.